The number of aromatic nitrogens is 2. The zero-order valence-electron chi connectivity index (χ0n) is 11.5. The molecule has 6 heteroatoms. The van der Waals surface area contributed by atoms with Crippen LogP contribution in [0.4, 0.5) is 0 Å². The number of nitrogens with one attached hydrogen (secondary N) is 1. The zero-order chi connectivity index (χ0) is 14.0. The highest BCUT2D eigenvalue weighted by Gasteiger charge is 2.24. The first-order valence-electron chi connectivity index (χ1n) is 6.11. The van der Waals surface area contributed by atoms with Gasteiger partial charge in [0, 0.05) is 20.8 Å². The van der Waals surface area contributed by atoms with Crippen LogP contribution in [0, 0.1) is 0 Å². The number of methoxy groups -OCH3 is 1. The van der Waals surface area contributed by atoms with Crippen molar-refractivity contribution in [1.29, 1.82) is 0 Å². The molecule has 2 rings (SSSR count). The van der Waals surface area contributed by atoms with Crippen LogP contribution < -0.4 is 10.1 Å². The minimum atomic E-state index is 0.0798. The summed E-state index contributed by atoms with van der Waals surface area (Å²) >= 11 is 5.22. The van der Waals surface area contributed by atoms with E-state index in [-0.39, 0.29) is 12.1 Å². The maximum Gasteiger partial charge on any atom is 0.161 e. The summed E-state index contributed by atoms with van der Waals surface area (Å²) in [6, 6.07) is 2.50. The Morgan fingerprint density at radius 1 is 1.47 bits per heavy atom. The summed E-state index contributed by atoms with van der Waals surface area (Å²) in [4.78, 5) is 1.23. The van der Waals surface area contributed by atoms with Gasteiger partial charge in [0.1, 0.15) is 5.69 Å². The summed E-state index contributed by atoms with van der Waals surface area (Å²) < 4.78 is 8.56. The highest BCUT2D eigenvalue weighted by Crippen LogP contribution is 2.35. The van der Waals surface area contributed by atoms with Crippen molar-refractivity contribution >= 4 is 27.3 Å². The van der Waals surface area contributed by atoms with E-state index in [1.54, 1.807) is 24.6 Å². The summed E-state index contributed by atoms with van der Waals surface area (Å²) in [5, 5.41) is 9.87. The van der Waals surface area contributed by atoms with Crippen molar-refractivity contribution in [3.63, 3.8) is 0 Å². The van der Waals surface area contributed by atoms with Gasteiger partial charge in [0.2, 0.25) is 0 Å². The first-order chi connectivity index (χ1) is 9.08. The van der Waals surface area contributed by atoms with Gasteiger partial charge in [-0.25, -0.2) is 0 Å². The van der Waals surface area contributed by atoms with E-state index in [1.807, 2.05) is 11.7 Å². The molecule has 2 aromatic heterocycles. The number of ether oxygens (including phenoxy) is 1. The molecule has 2 heterocycles. The van der Waals surface area contributed by atoms with Gasteiger partial charge in [-0.2, -0.15) is 5.10 Å². The van der Waals surface area contributed by atoms with Crippen LogP contribution in [0.15, 0.2) is 22.1 Å². The molecule has 1 atom stereocenters. The highest BCUT2D eigenvalue weighted by atomic mass is 79.9. The largest absolute Gasteiger partial charge is 0.493 e. The van der Waals surface area contributed by atoms with Gasteiger partial charge in [0.25, 0.3) is 0 Å². The van der Waals surface area contributed by atoms with Crippen LogP contribution in [0.2, 0.25) is 0 Å². The molecule has 1 unspecified atom stereocenters. The highest BCUT2D eigenvalue weighted by molar-refractivity contribution is 9.10. The van der Waals surface area contributed by atoms with Gasteiger partial charge in [-0.05, 0) is 42.9 Å². The average Bonchev–Trinajstić information content (AvgIpc) is 2.97. The lowest BCUT2D eigenvalue weighted by Gasteiger charge is -2.20. The maximum atomic E-state index is 5.46. The van der Waals surface area contributed by atoms with Gasteiger partial charge in [0.05, 0.1) is 19.3 Å². The van der Waals surface area contributed by atoms with Gasteiger partial charge in [-0.1, -0.05) is 0 Å². The normalized spacial score (nSPS) is 12.9. The topological polar surface area (TPSA) is 39.1 Å². The Balaban J connectivity index is 2.50. The van der Waals surface area contributed by atoms with Crippen molar-refractivity contribution in [2.75, 3.05) is 14.2 Å². The molecule has 0 aromatic carbocycles. The van der Waals surface area contributed by atoms with Crippen LogP contribution in [0.25, 0.3) is 0 Å². The van der Waals surface area contributed by atoms with E-state index < -0.39 is 0 Å². The molecule has 0 spiro atoms. The molecule has 0 aliphatic rings. The summed E-state index contributed by atoms with van der Waals surface area (Å²) in [7, 11) is 3.64. The van der Waals surface area contributed by atoms with Crippen molar-refractivity contribution in [1.82, 2.24) is 15.1 Å². The molecule has 1 N–H and O–H groups in total. The van der Waals surface area contributed by atoms with Crippen LogP contribution in [0.3, 0.4) is 0 Å². The minimum Gasteiger partial charge on any atom is -0.493 e. The first-order valence-corrected chi connectivity index (χ1v) is 7.78. The van der Waals surface area contributed by atoms with E-state index in [0.29, 0.717) is 0 Å². The van der Waals surface area contributed by atoms with Crippen molar-refractivity contribution in [2.24, 2.45) is 0 Å². The Hall–Kier alpha value is -0.850. The summed E-state index contributed by atoms with van der Waals surface area (Å²) in [6.07, 6.45) is 1.78. The van der Waals surface area contributed by atoms with Gasteiger partial charge in [-0.3, -0.25) is 4.68 Å². The fourth-order valence-electron chi connectivity index (χ4n) is 2.09. The summed E-state index contributed by atoms with van der Waals surface area (Å²) in [5.41, 5.74) is 1.06. The number of rotatable bonds is 5. The van der Waals surface area contributed by atoms with E-state index in [4.69, 9.17) is 4.74 Å². The van der Waals surface area contributed by atoms with Crippen LogP contribution in [0.5, 0.6) is 5.75 Å². The van der Waals surface area contributed by atoms with Gasteiger partial charge in [-0.15, -0.1) is 11.3 Å². The molecular weight excluding hydrogens is 326 g/mol. The molecular formula is C13H18BrN3OS. The van der Waals surface area contributed by atoms with Crippen molar-refractivity contribution in [3.05, 3.63) is 32.7 Å². The third-order valence-electron chi connectivity index (χ3n) is 2.94. The molecule has 0 radical (unpaired) electrons. The van der Waals surface area contributed by atoms with E-state index in [2.05, 4.69) is 51.6 Å². The number of hydrogen-bond donors (Lipinski definition) is 1. The van der Waals surface area contributed by atoms with Crippen molar-refractivity contribution < 1.29 is 4.74 Å². The third-order valence-corrected chi connectivity index (χ3v) is 4.70. The molecule has 2 aromatic rings. The lowest BCUT2D eigenvalue weighted by molar-refractivity contribution is 0.397. The SMILES string of the molecule is CNC(c1cc(Br)cs1)c1c(OC)cnn1C(C)C. The Kier molecular flexibility index (Phi) is 4.65. The molecule has 0 saturated carbocycles. The van der Waals surface area contributed by atoms with E-state index >= 15 is 0 Å². The Morgan fingerprint density at radius 2 is 2.21 bits per heavy atom. The second-order valence-corrected chi connectivity index (χ2v) is 6.38. The predicted octanol–water partition coefficient (Wildman–Crippen LogP) is 3.61. The molecule has 4 nitrogen and oxygen atoms in total. The summed E-state index contributed by atoms with van der Waals surface area (Å²) in [5.74, 6) is 0.817. The van der Waals surface area contributed by atoms with Crippen LogP contribution in [-0.4, -0.2) is 23.9 Å². The van der Waals surface area contributed by atoms with Crippen molar-refractivity contribution in [3.8, 4) is 5.75 Å². The number of hydrogen-bond acceptors (Lipinski definition) is 4. The van der Waals surface area contributed by atoms with Gasteiger partial charge >= 0.3 is 0 Å². The minimum absolute atomic E-state index is 0.0798. The van der Waals surface area contributed by atoms with Crippen LogP contribution in [-0.2, 0) is 0 Å². The quantitative estimate of drug-likeness (QED) is 0.901. The Morgan fingerprint density at radius 3 is 2.68 bits per heavy atom. The summed E-state index contributed by atoms with van der Waals surface area (Å²) in [6.45, 7) is 4.24. The van der Waals surface area contributed by atoms with Crippen LogP contribution >= 0.6 is 27.3 Å². The van der Waals surface area contributed by atoms with E-state index in [0.717, 1.165) is 15.9 Å². The second kappa shape index (κ2) is 6.07. The average molecular weight is 344 g/mol. The lowest BCUT2D eigenvalue weighted by Crippen LogP contribution is -2.22. The monoisotopic (exact) mass is 343 g/mol. The van der Waals surface area contributed by atoms with Gasteiger partial charge < -0.3 is 10.1 Å². The van der Waals surface area contributed by atoms with Gasteiger partial charge in [0.15, 0.2) is 5.75 Å². The molecule has 0 aliphatic carbocycles. The number of nitrogens with zero attached hydrogens (tertiary/aromatic N) is 2. The number of halogens is 1. The Bertz CT molecular complexity index is 550. The fraction of sp³-hybridized carbons (Fsp3) is 0.462. The Labute approximate surface area is 125 Å². The predicted molar refractivity (Wildman–Crippen MR) is 82.1 cm³/mol. The second-order valence-electron chi connectivity index (χ2n) is 4.53. The van der Waals surface area contributed by atoms with E-state index in [9.17, 15) is 0 Å². The fourth-order valence-corrected chi connectivity index (χ4v) is 3.65. The smallest absolute Gasteiger partial charge is 0.161 e. The zero-order valence-corrected chi connectivity index (χ0v) is 13.9. The molecule has 0 amide bonds. The van der Waals surface area contributed by atoms with Crippen molar-refractivity contribution in [2.45, 2.75) is 25.9 Å². The number of thiophene rings is 1. The molecule has 0 bridgehead atoms. The third kappa shape index (κ3) is 2.85. The standard InChI is InChI=1S/C13H18BrN3OS/c1-8(2)17-13(10(18-4)6-16-17)12(15-3)11-5-9(14)7-19-11/h5-8,12,15H,1-4H3. The molecule has 104 valence electrons. The molecule has 0 aliphatic heterocycles. The maximum absolute atomic E-state index is 5.46. The first kappa shape index (κ1) is 14.6. The van der Waals surface area contributed by atoms with E-state index in [1.165, 1.54) is 4.88 Å². The molecule has 0 saturated heterocycles. The lowest BCUT2D eigenvalue weighted by atomic mass is 10.1. The molecule has 0 fully saturated rings. The van der Waals surface area contributed by atoms with Crippen LogP contribution in [0.1, 0.15) is 36.5 Å². The molecule has 19 heavy (non-hydrogen) atoms.